The van der Waals surface area contributed by atoms with E-state index in [4.69, 9.17) is 0 Å². The van der Waals surface area contributed by atoms with Crippen LogP contribution in [0, 0.1) is 5.41 Å². The number of rotatable bonds is 7. The van der Waals surface area contributed by atoms with Gasteiger partial charge in [-0.15, -0.1) is 11.3 Å². The van der Waals surface area contributed by atoms with Crippen LogP contribution in [0.5, 0.6) is 0 Å². The molecule has 0 radical (unpaired) electrons. The Morgan fingerprint density at radius 1 is 1.26 bits per heavy atom. The SMILES string of the molecule is CN(CCC(C)(C)C)c1ccc2c(C(=O)NC3CC3)c(NC(=O)c3cscn3)[nH]c2c1. The number of thiazole rings is 1. The van der Waals surface area contributed by atoms with Crippen LogP contribution in [0.4, 0.5) is 11.5 Å². The summed E-state index contributed by atoms with van der Waals surface area (Å²) in [6.45, 7) is 7.63. The first-order valence-electron chi connectivity index (χ1n) is 10.6. The number of carbonyl (C=O) groups excluding carboxylic acids is 2. The number of fused-ring (bicyclic) bond motifs is 1. The molecule has 7 nitrogen and oxygen atoms in total. The summed E-state index contributed by atoms with van der Waals surface area (Å²) >= 11 is 1.36. The number of anilines is 2. The van der Waals surface area contributed by atoms with E-state index in [1.165, 1.54) is 11.3 Å². The van der Waals surface area contributed by atoms with Gasteiger partial charge in [0.1, 0.15) is 11.5 Å². The minimum Gasteiger partial charge on any atom is -0.375 e. The number of amides is 2. The Bertz CT molecular complexity index is 1090. The number of nitrogens with zero attached hydrogens (tertiary/aromatic N) is 2. The van der Waals surface area contributed by atoms with E-state index in [1.54, 1.807) is 10.9 Å². The fourth-order valence-corrected chi connectivity index (χ4v) is 3.90. The van der Waals surface area contributed by atoms with Crippen LogP contribution in [0.15, 0.2) is 29.1 Å². The number of hydrogen-bond donors (Lipinski definition) is 3. The first-order chi connectivity index (χ1) is 14.7. The first kappa shape index (κ1) is 21.4. The van der Waals surface area contributed by atoms with Gasteiger partial charge in [-0.25, -0.2) is 4.98 Å². The second-order valence-corrected chi connectivity index (χ2v) is 10.1. The highest BCUT2D eigenvalue weighted by molar-refractivity contribution is 7.07. The minimum absolute atomic E-state index is 0.170. The van der Waals surface area contributed by atoms with Gasteiger partial charge in [0.2, 0.25) is 0 Å². The number of benzene rings is 1. The summed E-state index contributed by atoms with van der Waals surface area (Å²) in [5.74, 6) is -0.104. The molecule has 2 aromatic heterocycles. The van der Waals surface area contributed by atoms with Crippen molar-refractivity contribution in [2.45, 2.75) is 46.1 Å². The molecule has 2 heterocycles. The molecule has 2 amide bonds. The van der Waals surface area contributed by atoms with Crippen molar-refractivity contribution >= 4 is 45.6 Å². The Morgan fingerprint density at radius 3 is 2.68 bits per heavy atom. The number of aromatic nitrogens is 2. The Balaban J connectivity index is 1.65. The third-order valence-corrected chi connectivity index (χ3v) is 6.05. The zero-order valence-electron chi connectivity index (χ0n) is 18.4. The van der Waals surface area contributed by atoms with Crippen LogP contribution in [0.3, 0.4) is 0 Å². The fourth-order valence-electron chi connectivity index (χ4n) is 3.37. The van der Waals surface area contributed by atoms with Gasteiger partial charge in [-0.1, -0.05) is 20.8 Å². The van der Waals surface area contributed by atoms with Crippen LogP contribution >= 0.6 is 11.3 Å². The smallest absolute Gasteiger partial charge is 0.276 e. The van der Waals surface area contributed by atoms with E-state index in [2.05, 4.69) is 53.3 Å². The summed E-state index contributed by atoms with van der Waals surface area (Å²) < 4.78 is 0. The molecule has 3 N–H and O–H groups in total. The van der Waals surface area contributed by atoms with Crippen molar-refractivity contribution in [3.8, 4) is 0 Å². The molecule has 0 bridgehead atoms. The lowest BCUT2D eigenvalue weighted by molar-refractivity contribution is 0.0953. The molecular weight excluding hydrogens is 410 g/mol. The zero-order valence-corrected chi connectivity index (χ0v) is 19.2. The molecule has 164 valence electrons. The van der Waals surface area contributed by atoms with Gasteiger partial charge in [0.05, 0.1) is 11.1 Å². The molecule has 0 aliphatic heterocycles. The predicted molar refractivity (Wildman–Crippen MR) is 126 cm³/mol. The van der Waals surface area contributed by atoms with E-state index in [0.717, 1.165) is 42.4 Å². The monoisotopic (exact) mass is 439 g/mol. The molecule has 1 saturated carbocycles. The molecule has 3 aromatic rings. The maximum Gasteiger partial charge on any atom is 0.276 e. The van der Waals surface area contributed by atoms with Gasteiger partial charge < -0.3 is 20.5 Å². The fraction of sp³-hybridized carbons (Fsp3) is 0.435. The summed E-state index contributed by atoms with van der Waals surface area (Å²) in [5, 5.41) is 8.36. The van der Waals surface area contributed by atoms with Crippen molar-refractivity contribution < 1.29 is 9.59 Å². The molecule has 0 unspecified atom stereocenters. The molecule has 1 aromatic carbocycles. The average Bonchev–Trinajstić information content (AvgIpc) is 3.22. The lowest BCUT2D eigenvalue weighted by Crippen LogP contribution is -2.26. The largest absolute Gasteiger partial charge is 0.375 e. The van der Waals surface area contributed by atoms with Gasteiger partial charge in [-0.05, 0) is 42.9 Å². The van der Waals surface area contributed by atoms with Crippen LogP contribution in [-0.2, 0) is 0 Å². The number of aromatic amines is 1. The highest BCUT2D eigenvalue weighted by Crippen LogP contribution is 2.31. The molecule has 1 aliphatic carbocycles. The third-order valence-electron chi connectivity index (χ3n) is 5.46. The molecule has 31 heavy (non-hydrogen) atoms. The highest BCUT2D eigenvalue weighted by Gasteiger charge is 2.28. The quantitative estimate of drug-likeness (QED) is 0.500. The third kappa shape index (κ3) is 5.07. The van der Waals surface area contributed by atoms with Crippen LogP contribution < -0.4 is 15.5 Å². The summed E-state index contributed by atoms with van der Waals surface area (Å²) in [6, 6.07) is 6.24. The second-order valence-electron chi connectivity index (χ2n) is 9.41. The maximum atomic E-state index is 13.0. The Morgan fingerprint density at radius 2 is 2.03 bits per heavy atom. The normalized spacial score (nSPS) is 13.9. The van der Waals surface area contributed by atoms with Crippen molar-refractivity contribution in [2.24, 2.45) is 5.41 Å². The molecular formula is C23H29N5O2S. The van der Waals surface area contributed by atoms with Crippen molar-refractivity contribution in [1.82, 2.24) is 15.3 Å². The minimum atomic E-state index is -0.337. The number of carbonyl (C=O) groups is 2. The summed E-state index contributed by atoms with van der Waals surface area (Å²) in [7, 11) is 2.07. The van der Waals surface area contributed by atoms with Crippen molar-refractivity contribution in [3.05, 3.63) is 40.3 Å². The van der Waals surface area contributed by atoms with Crippen LogP contribution in [0.25, 0.3) is 10.9 Å². The van der Waals surface area contributed by atoms with Gasteiger partial charge >= 0.3 is 0 Å². The van der Waals surface area contributed by atoms with Gasteiger partial charge in [0, 0.05) is 41.6 Å². The summed E-state index contributed by atoms with van der Waals surface area (Å²) in [4.78, 5) is 35.1. The van der Waals surface area contributed by atoms with Gasteiger partial charge in [0.25, 0.3) is 11.8 Å². The molecule has 0 saturated heterocycles. The average molecular weight is 440 g/mol. The van der Waals surface area contributed by atoms with Gasteiger partial charge in [0.15, 0.2) is 0 Å². The van der Waals surface area contributed by atoms with E-state index in [0.29, 0.717) is 17.1 Å². The molecule has 4 rings (SSSR count). The standard InChI is InChI=1S/C23H29N5O2S/c1-23(2,3)9-10-28(4)15-7-8-16-17(11-15)26-20(19(16)22(30)25-14-5-6-14)27-21(29)18-12-31-13-24-18/h7-8,11-14,26H,5-6,9-10H2,1-4H3,(H,25,30)(H,27,29). The van der Waals surface area contributed by atoms with Crippen LogP contribution in [-0.4, -0.2) is 41.4 Å². The predicted octanol–water partition coefficient (Wildman–Crippen LogP) is 4.64. The first-order valence-corrected chi connectivity index (χ1v) is 11.5. The molecule has 8 heteroatoms. The Hall–Kier alpha value is -2.87. The molecule has 1 aliphatic rings. The Kier molecular flexibility index (Phi) is 5.75. The molecule has 0 atom stereocenters. The van der Waals surface area contributed by atoms with Crippen LogP contribution in [0.2, 0.25) is 0 Å². The van der Waals surface area contributed by atoms with Crippen molar-refractivity contribution in [2.75, 3.05) is 23.8 Å². The van der Waals surface area contributed by atoms with Crippen LogP contribution in [0.1, 0.15) is 60.9 Å². The lowest BCUT2D eigenvalue weighted by Gasteiger charge is -2.25. The maximum absolute atomic E-state index is 13.0. The highest BCUT2D eigenvalue weighted by atomic mass is 32.1. The topological polar surface area (TPSA) is 90.1 Å². The summed E-state index contributed by atoms with van der Waals surface area (Å²) in [5.41, 5.74) is 4.54. The van der Waals surface area contributed by atoms with Gasteiger partial charge in [-0.2, -0.15) is 0 Å². The summed E-state index contributed by atoms with van der Waals surface area (Å²) in [6.07, 6.45) is 3.06. The molecule has 1 fully saturated rings. The number of nitrogens with one attached hydrogen (secondary N) is 3. The van der Waals surface area contributed by atoms with Gasteiger partial charge in [-0.3, -0.25) is 9.59 Å². The number of hydrogen-bond acceptors (Lipinski definition) is 5. The zero-order chi connectivity index (χ0) is 22.2. The van der Waals surface area contributed by atoms with Crippen molar-refractivity contribution in [3.63, 3.8) is 0 Å². The van der Waals surface area contributed by atoms with E-state index in [9.17, 15) is 9.59 Å². The lowest BCUT2D eigenvalue weighted by atomic mass is 9.92. The van der Waals surface area contributed by atoms with E-state index >= 15 is 0 Å². The van der Waals surface area contributed by atoms with Crippen molar-refractivity contribution in [1.29, 1.82) is 0 Å². The van der Waals surface area contributed by atoms with E-state index in [1.807, 2.05) is 18.2 Å². The van der Waals surface area contributed by atoms with E-state index < -0.39 is 0 Å². The number of H-pyrrole nitrogens is 1. The second kappa shape index (κ2) is 8.34. The van der Waals surface area contributed by atoms with E-state index in [-0.39, 0.29) is 23.3 Å². The molecule has 0 spiro atoms. The Labute approximate surface area is 186 Å².